The number of hydrogen-bond acceptors (Lipinski definition) is 2. The summed E-state index contributed by atoms with van der Waals surface area (Å²) in [5, 5.41) is 3.58. The van der Waals surface area contributed by atoms with Crippen LogP contribution in [0.3, 0.4) is 0 Å². The van der Waals surface area contributed by atoms with Gasteiger partial charge in [0.05, 0.1) is 0 Å². The highest BCUT2D eigenvalue weighted by atomic mass is 15.2. The molecule has 3 unspecified atom stereocenters. The van der Waals surface area contributed by atoms with Gasteiger partial charge in [0, 0.05) is 18.1 Å². The van der Waals surface area contributed by atoms with E-state index >= 15 is 0 Å². The fraction of sp³-hybridized carbons (Fsp3) is 0.667. The van der Waals surface area contributed by atoms with Crippen LogP contribution in [0.5, 0.6) is 0 Å². The maximum Gasteiger partial charge on any atom is 0.0478 e. The predicted molar refractivity (Wildman–Crippen MR) is 86.9 cm³/mol. The van der Waals surface area contributed by atoms with Crippen molar-refractivity contribution >= 4 is 0 Å². The highest BCUT2D eigenvalue weighted by Crippen LogP contribution is 2.31. The van der Waals surface area contributed by atoms with Crippen LogP contribution in [0.1, 0.15) is 51.6 Å². The maximum atomic E-state index is 3.58. The van der Waals surface area contributed by atoms with Gasteiger partial charge in [0.2, 0.25) is 0 Å². The van der Waals surface area contributed by atoms with Crippen LogP contribution in [0.2, 0.25) is 0 Å². The minimum Gasteiger partial charge on any atom is -0.312 e. The molecule has 2 rings (SSSR count). The molecule has 1 aliphatic rings. The van der Waals surface area contributed by atoms with Crippen molar-refractivity contribution in [2.45, 2.75) is 58.2 Å². The summed E-state index contributed by atoms with van der Waals surface area (Å²) in [6.07, 6.45) is 4.07. The van der Waals surface area contributed by atoms with Gasteiger partial charge in [-0.25, -0.2) is 0 Å². The Bertz CT molecular complexity index is 388. The van der Waals surface area contributed by atoms with Crippen molar-refractivity contribution in [1.29, 1.82) is 0 Å². The molecule has 0 bridgehead atoms. The Hall–Kier alpha value is -0.860. The van der Waals surface area contributed by atoms with E-state index in [4.69, 9.17) is 0 Å². The van der Waals surface area contributed by atoms with Gasteiger partial charge in [0.15, 0.2) is 0 Å². The van der Waals surface area contributed by atoms with Gasteiger partial charge in [0.1, 0.15) is 0 Å². The summed E-state index contributed by atoms with van der Waals surface area (Å²) in [4.78, 5) is 2.74. The molecule has 0 spiro atoms. The van der Waals surface area contributed by atoms with E-state index in [9.17, 15) is 0 Å². The molecule has 3 atom stereocenters. The molecule has 0 amide bonds. The van der Waals surface area contributed by atoms with Gasteiger partial charge in [-0.1, -0.05) is 50.6 Å². The minimum absolute atomic E-state index is 0.414. The Balaban J connectivity index is 2.26. The van der Waals surface area contributed by atoms with Gasteiger partial charge in [-0.05, 0) is 44.8 Å². The Morgan fingerprint density at radius 3 is 2.40 bits per heavy atom. The zero-order valence-electron chi connectivity index (χ0n) is 13.5. The Morgan fingerprint density at radius 1 is 1.15 bits per heavy atom. The van der Waals surface area contributed by atoms with E-state index in [0.29, 0.717) is 24.0 Å². The quantitative estimate of drug-likeness (QED) is 0.877. The molecule has 1 N–H and O–H groups in total. The average molecular weight is 274 g/mol. The van der Waals surface area contributed by atoms with Crippen LogP contribution in [0.4, 0.5) is 0 Å². The molecular weight excluding hydrogens is 244 g/mol. The molecule has 20 heavy (non-hydrogen) atoms. The van der Waals surface area contributed by atoms with Crippen LogP contribution in [0.15, 0.2) is 30.3 Å². The molecular formula is C18H30N2. The minimum atomic E-state index is 0.414. The molecule has 1 aromatic rings. The molecule has 1 aliphatic heterocycles. The number of benzene rings is 1. The first kappa shape index (κ1) is 15.5. The van der Waals surface area contributed by atoms with Gasteiger partial charge in [-0.2, -0.15) is 0 Å². The molecule has 2 nitrogen and oxygen atoms in total. The van der Waals surface area contributed by atoms with Crippen LogP contribution in [-0.2, 0) is 0 Å². The second-order valence-electron chi connectivity index (χ2n) is 6.49. The first-order chi connectivity index (χ1) is 9.65. The zero-order valence-corrected chi connectivity index (χ0v) is 13.5. The van der Waals surface area contributed by atoms with Gasteiger partial charge in [-0.15, -0.1) is 0 Å². The van der Waals surface area contributed by atoms with E-state index in [1.54, 1.807) is 0 Å². The van der Waals surface area contributed by atoms with Gasteiger partial charge in [0.25, 0.3) is 0 Å². The third-order valence-electron chi connectivity index (χ3n) is 4.73. The number of hydrogen-bond donors (Lipinski definition) is 1. The molecule has 0 aromatic heterocycles. The van der Waals surface area contributed by atoms with Crippen LogP contribution in [-0.4, -0.2) is 30.6 Å². The number of rotatable bonds is 5. The van der Waals surface area contributed by atoms with Gasteiger partial charge < -0.3 is 5.32 Å². The lowest BCUT2D eigenvalue weighted by Crippen LogP contribution is -2.52. The summed E-state index contributed by atoms with van der Waals surface area (Å²) in [5.41, 5.74) is 1.41. The topological polar surface area (TPSA) is 15.3 Å². The summed E-state index contributed by atoms with van der Waals surface area (Å²) in [7, 11) is 2.10. The van der Waals surface area contributed by atoms with E-state index < -0.39 is 0 Å². The SMILES string of the molecule is CNC(c1ccccc1)C(C(C)C)N1CCCCC1C. The van der Waals surface area contributed by atoms with Gasteiger partial charge in [-0.3, -0.25) is 4.90 Å². The first-order valence-electron chi connectivity index (χ1n) is 8.13. The van der Waals surface area contributed by atoms with Crippen molar-refractivity contribution in [2.75, 3.05) is 13.6 Å². The van der Waals surface area contributed by atoms with Gasteiger partial charge >= 0.3 is 0 Å². The molecule has 1 aromatic carbocycles. The first-order valence-corrected chi connectivity index (χ1v) is 8.13. The van der Waals surface area contributed by atoms with Crippen molar-refractivity contribution in [3.8, 4) is 0 Å². The molecule has 0 radical (unpaired) electrons. The summed E-state index contributed by atoms with van der Waals surface area (Å²) < 4.78 is 0. The number of piperidine rings is 1. The monoisotopic (exact) mass is 274 g/mol. The largest absolute Gasteiger partial charge is 0.312 e. The maximum absolute atomic E-state index is 3.58. The molecule has 1 fully saturated rings. The van der Waals surface area contributed by atoms with Crippen molar-refractivity contribution in [3.05, 3.63) is 35.9 Å². The summed E-state index contributed by atoms with van der Waals surface area (Å²) in [6.45, 7) is 8.36. The summed E-state index contributed by atoms with van der Waals surface area (Å²) >= 11 is 0. The van der Waals surface area contributed by atoms with Crippen molar-refractivity contribution < 1.29 is 0 Å². The van der Waals surface area contributed by atoms with E-state index in [1.807, 2.05) is 0 Å². The molecule has 1 heterocycles. The van der Waals surface area contributed by atoms with E-state index in [-0.39, 0.29) is 0 Å². The number of likely N-dealkylation sites (N-methyl/N-ethyl adjacent to an activating group) is 1. The average Bonchev–Trinajstić information content (AvgIpc) is 2.46. The van der Waals surface area contributed by atoms with Crippen molar-refractivity contribution in [3.63, 3.8) is 0 Å². The third-order valence-corrected chi connectivity index (χ3v) is 4.73. The second kappa shape index (κ2) is 7.24. The highest BCUT2D eigenvalue weighted by Gasteiger charge is 2.33. The number of nitrogens with zero attached hydrogens (tertiary/aromatic N) is 1. The molecule has 112 valence electrons. The van der Waals surface area contributed by atoms with Crippen LogP contribution >= 0.6 is 0 Å². The lowest BCUT2D eigenvalue weighted by Gasteiger charge is -2.45. The second-order valence-corrected chi connectivity index (χ2v) is 6.49. The molecule has 0 aliphatic carbocycles. The fourth-order valence-corrected chi connectivity index (χ4v) is 3.72. The summed E-state index contributed by atoms with van der Waals surface area (Å²) in [5.74, 6) is 0.646. The van der Waals surface area contributed by atoms with Crippen LogP contribution in [0.25, 0.3) is 0 Å². The normalized spacial score (nSPS) is 23.8. The van der Waals surface area contributed by atoms with E-state index in [2.05, 4.69) is 68.4 Å². The Kier molecular flexibility index (Phi) is 5.62. The predicted octanol–water partition coefficient (Wildman–Crippen LogP) is 3.85. The van der Waals surface area contributed by atoms with Crippen LogP contribution < -0.4 is 5.32 Å². The zero-order chi connectivity index (χ0) is 14.5. The fourth-order valence-electron chi connectivity index (χ4n) is 3.72. The summed E-state index contributed by atoms with van der Waals surface area (Å²) in [6, 6.07) is 12.6. The lowest BCUT2D eigenvalue weighted by molar-refractivity contribution is 0.0553. The third kappa shape index (κ3) is 3.42. The number of likely N-dealkylation sites (tertiary alicyclic amines) is 1. The Labute approximate surface area is 124 Å². The number of nitrogens with one attached hydrogen (secondary N) is 1. The molecule has 0 saturated carbocycles. The van der Waals surface area contributed by atoms with Crippen molar-refractivity contribution in [2.24, 2.45) is 5.92 Å². The van der Waals surface area contributed by atoms with Crippen LogP contribution in [0, 0.1) is 5.92 Å². The highest BCUT2D eigenvalue weighted by molar-refractivity contribution is 5.21. The smallest absolute Gasteiger partial charge is 0.0478 e. The molecule has 2 heteroatoms. The molecule has 1 saturated heterocycles. The Morgan fingerprint density at radius 2 is 1.85 bits per heavy atom. The lowest BCUT2D eigenvalue weighted by atomic mass is 9.87. The van der Waals surface area contributed by atoms with E-state index in [1.165, 1.54) is 31.4 Å². The van der Waals surface area contributed by atoms with Crippen molar-refractivity contribution in [1.82, 2.24) is 10.2 Å². The standard InChI is InChI=1S/C18H30N2/c1-14(2)18(20-13-9-8-10-15(20)3)17(19-4)16-11-6-5-7-12-16/h5-7,11-12,14-15,17-19H,8-10,13H2,1-4H3. The van der Waals surface area contributed by atoms with E-state index in [0.717, 1.165) is 0 Å².